The lowest BCUT2D eigenvalue weighted by atomic mass is 10.5. The largest absolute Gasteiger partial charge is 0.246 e. The summed E-state index contributed by atoms with van der Waals surface area (Å²) in [6.45, 7) is 4.07. The fraction of sp³-hybridized carbons (Fsp3) is 0.500. The highest BCUT2D eigenvalue weighted by Crippen LogP contribution is 2.06. The molecule has 43 valence electrons. The van der Waals surface area contributed by atoms with Gasteiger partial charge in [0.25, 0.3) is 0 Å². The topological polar surface area (TPSA) is 12.9 Å². The number of aromatic nitrogens is 1. The van der Waals surface area contributed by atoms with E-state index in [4.69, 9.17) is 0 Å². The summed E-state index contributed by atoms with van der Waals surface area (Å²) in [6.07, 6.45) is 1.04. The summed E-state index contributed by atoms with van der Waals surface area (Å²) in [5, 5.41) is 4.23. The Hall–Kier alpha value is -0.370. The molecule has 1 rings (SSSR count). The monoisotopic (exact) mass is 126 g/mol. The van der Waals surface area contributed by atoms with Gasteiger partial charge in [-0.25, -0.2) is 4.98 Å². The van der Waals surface area contributed by atoms with Crippen molar-refractivity contribution in [3.8, 4) is 0 Å². The van der Waals surface area contributed by atoms with Crippen molar-refractivity contribution in [3.63, 3.8) is 0 Å². The van der Waals surface area contributed by atoms with E-state index in [-0.39, 0.29) is 0 Å². The molecule has 0 saturated heterocycles. The Labute approximate surface area is 53.4 Å². The summed E-state index contributed by atoms with van der Waals surface area (Å²) < 4.78 is 0. The summed E-state index contributed by atoms with van der Waals surface area (Å²) in [7, 11) is 0. The van der Waals surface area contributed by atoms with E-state index in [9.17, 15) is 0 Å². The van der Waals surface area contributed by atoms with E-state index in [0.29, 0.717) is 0 Å². The van der Waals surface area contributed by atoms with Crippen LogP contribution >= 0.6 is 11.3 Å². The van der Waals surface area contributed by atoms with Gasteiger partial charge in [0.05, 0.1) is 16.1 Å². The highest BCUT2D eigenvalue weighted by Gasteiger charge is 1.92. The third kappa shape index (κ3) is 1.07. The molecule has 0 amide bonds. The van der Waals surface area contributed by atoms with Crippen molar-refractivity contribution in [1.82, 2.24) is 4.98 Å². The number of thiazole rings is 1. The fourth-order valence-electron chi connectivity index (χ4n) is 0.517. The minimum atomic E-state index is 1.02. The molecule has 0 aliphatic rings. The summed E-state index contributed by atoms with van der Waals surface area (Å²) in [6, 6.07) is 0. The molecule has 0 unspecified atom stereocenters. The molecule has 0 aliphatic heterocycles. The van der Waals surface area contributed by atoms with Crippen LogP contribution in [-0.2, 0) is 6.42 Å². The van der Waals surface area contributed by atoms with Gasteiger partial charge in [-0.3, -0.25) is 0 Å². The summed E-state index contributed by atoms with van der Waals surface area (Å²) in [5.74, 6) is 0. The molecule has 0 atom stereocenters. The second-order valence-corrected chi connectivity index (χ2v) is 2.53. The molecule has 1 heterocycles. The molecule has 1 aromatic rings. The van der Waals surface area contributed by atoms with E-state index in [1.165, 1.54) is 5.01 Å². The zero-order valence-corrected chi connectivity index (χ0v) is 5.88. The van der Waals surface area contributed by atoms with Gasteiger partial charge in [0, 0.05) is 0 Å². The van der Waals surface area contributed by atoms with Crippen LogP contribution in [0.3, 0.4) is 0 Å². The zero-order valence-electron chi connectivity index (χ0n) is 5.06. The van der Waals surface area contributed by atoms with Crippen LogP contribution in [0.5, 0.6) is 0 Å². The Morgan fingerprint density at radius 1 is 1.75 bits per heavy atom. The fourth-order valence-corrected chi connectivity index (χ4v) is 1.15. The van der Waals surface area contributed by atoms with Gasteiger partial charge in [0.1, 0.15) is 0 Å². The molecule has 0 spiro atoms. The molecule has 1 radical (unpaired) electrons. The van der Waals surface area contributed by atoms with Gasteiger partial charge in [0.15, 0.2) is 0 Å². The standard InChI is InChI=1S/C6H8NS/c1-3-6-7-5(2)4-8-6/h3H2,1-2H3. The Kier molecular flexibility index (Phi) is 1.63. The molecular formula is C6H8NS. The van der Waals surface area contributed by atoms with E-state index in [0.717, 1.165) is 12.1 Å². The van der Waals surface area contributed by atoms with Crippen LogP contribution in [0.2, 0.25) is 0 Å². The lowest BCUT2D eigenvalue weighted by Crippen LogP contribution is -1.75. The second-order valence-electron chi connectivity index (χ2n) is 1.65. The van der Waals surface area contributed by atoms with E-state index in [2.05, 4.69) is 17.3 Å². The number of hydrogen-bond acceptors (Lipinski definition) is 2. The van der Waals surface area contributed by atoms with Gasteiger partial charge >= 0.3 is 0 Å². The number of nitrogens with zero attached hydrogens (tertiary/aromatic N) is 1. The maximum absolute atomic E-state index is 4.19. The maximum Gasteiger partial charge on any atom is 0.0932 e. The molecule has 8 heavy (non-hydrogen) atoms. The highest BCUT2D eigenvalue weighted by molar-refractivity contribution is 7.09. The van der Waals surface area contributed by atoms with Crippen molar-refractivity contribution >= 4 is 11.3 Å². The van der Waals surface area contributed by atoms with Crippen LogP contribution in [0.1, 0.15) is 17.6 Å². The predicted molar refractivity (Wildman–Crippen MR) is 35.1 cm³/mol. The summed E-state index contributed by atoms with van der Waals surface area (Å²) >= 11 is 1.61. The zero-order chi connectivity index (χ0) is 5.98. The van der Waals surface area contributed by atoms with Gasteiger partial charge in [0.2, 0.25) is 0 Å². The van der Waals surface area contributed by atoms with E-state index in [1.807, 2.05) is 6.92 Å². The van der Waals surface area contributed by atoms with E-state index >= 15 is 0 Å². The minimum Gasteiger partial charge on any atom is -0.246 e. The molecule has 0 aliphatic carbocycles. The molecule has 1 nitrogen and oxygen atoms in total. The smallest absolute Gasteiger partial charge is 0.0932 e. The first-order valence-electron chi connectivity index (χ1n) is 2.67. The van der Waals surface area contributed by atoms with Crippen LogP contribution < -0.4 is 0 Å². The van der Waals surface area contributed by atoms with Crippen molar-refractivity contribution < 1.29 is 0 Å². The van der Waals surface area contributed by atoms with Crippen LogP contribution in [0.15, 0.2) is 0 Å². The Morgan fingerprint density at radius 3 is 2.75 bits per heavy atom. The van der Waals surface area contributed by atoms with Gasteiger partial charge in [-0.05, 0) is 13.3 Å². The van der Waals surface area contributed by atoms with Gasteiger partial charge in [-0.2, -0.15) is 0 Å². The molecule has 0 aromatic carbocycles. The van der Waals surface area contributed by atoms with Crippen LogP contribution in [0, 0.1) is 12.3 Å². The van der Waals surface area contributed by atoms with Crippen LogP contribution in [0.4, 0.5) is 0 Å². The molecule has 0 N–H and O–H groups in total. The molecular weight excluding hydrogens is 118 g/mol. The highest BCUT2D eigenvalue weighted by atomic mass is 32.1. The van der Waals surface area contributed by atoms with Gasteiger partial charge < -0.3 is 0 Å². The molecule has 1 aromatic heterocycles. The molecule has 0 saturated carbocycles. The van der Waals surface area contributed by atoms with Crippen molar-refractivity contribution in [2.45, 2.75) is 20.3 Å². The SMILES string of the molecule is CCc1nc(C)[c]s1. The quantitative estimate of drug-likeness (QED) is 0.559. The lowest BCUT2D eigenvalue weighted by Gasteiger charge is -1.79. The molecule has 0 fully saturated rings. The molecule has 2 heteroatoms. The summed E-state index contributed by atoms with van der Waals surface area (Å²) in [5.41, 5.74) is 1.02. The first-order valence-corrected chi connectivity index (χ1v) is 3.48. The Balaban J connectivity index is 2.84. The van der Waals surface area contributed by atoms with E-state index < -0.39 is 0 Å². The second kappa shape index (κ2) is 2.27. The predicted octanol–water partition coefficient (Wildman–Crippen LogP) is 1.81. The van der Waals surface area contributed by atoms with Crippen LogP contribution in [0.25, 0.3) is 0 Å². The number of hydrogen-bond donors (Lipinski definition) is 0. The summed E-state index contributed by atoms with van der Waals surface area (Å²) in [4.78, 5) is 4.19. The number of rotatable bonds is 1. The van der Waals surface area contributed by atoms with Gasteiger partial charge in [-0.1, -0.05) is 6.92 Å². The average Bonchev–Trinajstić information content (AvgIpc) is 2.14. The van der Waals surface area contributed by atoms with Gasteiger partial charge in [-0.15, -0.1) is 11.3 Å². The van der Waals surface area contributed by atoms with Crippen LogP contribution in [-0.4, -0.2) is 4.98 Å². The van der Waals surface area contributed by atoms with E-state index in [1.54, 1.807) is 11.3 Å². The lowest BCUT2D eigenvalue weighted by molar-refractivity contribution is 1.07. The maximum atomic E-state index is 4.19. The Morgan fingerprint density at radius 2 is 2.50 bits per heavy atom. The first-order chi connectivity index (χ1) is 3.83. The van der Waals surface area contributed by atoms with Crippen molar-refractivity contribution in [2.75, 3.05) is 0 Å². The van der Waals surface area contributed by atoms with Crippen molar-refractivity contribution in [3.05, 3.63) is 16.1 Å². The Bertz CT molecular complexity index is 169. The number of aryl methyl sites for hydroxylation is 2. The normalized spacial score (nSPS) is 9.75. The third-order valence-electron chi connectivity index (χ3n) is 0.911. The minimum absolute atomic E-state index is 1.02. The van der Waals surface area contributed by atoms with Crippen molar-refractivity contribution in [1.29, 1.82) is 0 Å². The van der Waals surface area contributed by atoms with Crippen molar-refractivity contribution in [2.24, 2.45) is 0 Å². The average molecular weight is 126 g/mol. The molecule has 0 bridgehead atoms. The third-order valence-corrected chi connectivity index (χ3v) is 1.92. The first kappa shape index (κ1) is 5.76.